The van der Waals surface area contributed by atoms with Gasteiger partial charge >= 0.3 is 17.8 Å². The highest BCUT2D eigenvalue weighted by atomic mass is 32.2. The van der Waals surface area contributed by atoms with Crippen LogP contribution in [0.1, 0.15) is 57.0 Å². The average Bonchev–Trinajstić information content (AvgIpc) is 4.19. The largest absolute Gasteiger partial charge is 0.750 e. The smallest absolute Gasteiger partial charge is 0.418 e. The summed E-state index contributed by atoms with van der Waals surface area (Å²) in [6.45, 7) is 8.09. The van der Waals surface area contributed by atoms with Crippen LogP contribution in [0.5, 0.6) is 5.75 Å². The lowest BCUT2D eigenvalue weighted by Crippen LogP contribution is -2.46. The zero-order chi connectivity index (χ0) is 55.4. The van der Waals surface area contributed by atoms with Crippen LogP contribution in [0.3, 0.4) is 0 Å². The van der Waals surface area contributed by atoms with E-state index in [2.05, 4.69) is 29.3 Å². The van der Waals surface area contributed by atoms with Crippen LogP contribution in [-0.4, -0.2) is 125 Å². The predicted octanol–water partition coefficient (Wildman–Crippen LogP) is 2.09. The normalized spacial score (nSPS) is 18.4. The molecular weight excluding hydrogens is 1030 g/mol. The molecule has 2 fully saturated rings. The molecule has 2 aliphatic heterocycles. The molecular formula is C50H60F2N11O13S-. The van der Waals surface area contributed by atoms with Gasteiger partial charge in [0.1, 0.15) is 54.3 Å². The first-order chi connectivity index (χ1) is 36.9. The lowest BCUT2D eigenvalue weighted by Gasteiger charge is -2.37. The molecule has 3 aromatic heterocycles. The number of nitrogens with two attached hydrogens (primary N) is 1. The monoisotopic (exact) mass is 1090 g/mol. The highest BCUT2D eigenvalue weighted by molar-refractivity contribution is 7.73. The number of hydrogen-bond acceptors (Lipinski definition) is 19. The molecule has 3 aromatic carbocycles. The number of esters is 1. The number of aliphatic hydroxyl groups excluding tert-OH is 2. The molecule has 24 nitrogen and oxygen atoms in total. The maximum atomic E-state index is 15.6. The van der Waals surface area contributed by atoms with Gasteiger partial charge in [0.15, 0.2) is 0 Å². The molecule has 8 rings (SSSR count). The first kappa shape index (κ1) is 57.5. The molecule has 0 radical (unpaired) electrons. The number of aromatic nitrogens is 7. The van der Waals surface area contributed by atoms with Gasteiger partial charge in [-0.1, -0.05) is 19.1 Å². The van der Waals surface area contributed by atoms with Crippen LogP contribution >= 0.6 is 0 Å². The van der Waals surface area contributed by atoms with Crippen LogP contribution in [0.15, 0.2) is 109 Å². The van der Waals surface area contributed by atoms with Gasteiger partial charge in [-0.3, -0.25) is 9.69 Å². The first-order valence-corrected chi connectivity index (χ1v) is 25.4. The van der Waals surface area contributed by atoms with Crippen molar-refractivity contribution in [2.75, 3.05) is 67.7 Å². The van der Waals surface area contributed by atoms with E-state index < -0.39 is 71.7 Å². The standard InChI is InChI=1S/C50H60F2N11O9.H2O4S/c1-5-45(33(2)65)63-48(67)62(31-56-63)40-11-9-38(10-12-40)58-19-21-59(22-20-58)39-13-15-41(16-14-39)69-26-35-24-50(71-27-35,42-17-8-37(51)23-43(42)52)29-61-32-60(30-55-61)34(3)72-49(68)57(4)46-36(7-6-18-54-46)28-70-47(66)44(53)25-64;1-4-5(2)3/h6-18,23,30-35,44-45,64-65H,5,19-22,24-29,53H2,1-4H3;1H,(H,2,3)/q+1;/p-2/t33-,34?,35+,44-,45-,50-;/m0./s1. The quantitative estimate of drug-likeness (QED) is 0.0324. The third-order valence-corrected chi connectivity index (χ3v) is 13.3. The number of anilines is 3. The summed E-state index contributed by atoms with van der Waals surface area (Å²) in [5, 5.41) is 36.5. The minimum Gasteiger partial charge on any atom is -0.750 e. The summed E-state index contributed by atoms with van der Waals surface area (Å²) in [7, 11) is 1.45. The third-order valence-electron chi connectivity index (χ3n) is 13.2. The third kappa shape index (κ3) is 14.2. The Morgan fingerprint density at radius 2 is 1.66 bits per heavy atom. The second kappa shape index (κ2) is 26.2. The van der Waals surface area contributed by atoms with Crippen molar-refractivity contribution in [2.45, 2.75) is 76.8 Å². The summed E-state index contributed by atoms with van der Waals surface area (Å²) in [5.74, 6) is -1.62. The van der Waals surface area contributed by atoms with Crippen molar-refractivity contribution in [1.82, 2.24) is 29.1 Å². The van der Waals surface area contributed by atoms with Crippen LogP contribution in [0.4, 0.5) is 30.8 Å². The molecule has 4 N–H and O–H groups in total. The Balaban J connectivity index is 0.00000165. The van der Waals surface area contributed by atoms with Crippen molar-refractivity contribution in [2.24, 2.45) is 11.7 Å². The second-order valence-electron chi connectivity index (χ2n) is 18.3. The van der Waals surface area contributed by atoms with Crippen molar-refractivity contribution < 1.29 is 70.5 Å². The summed E-state index contributed by atoms with van der Waals surface area (Å²) in [6, 6.07) is 20.8. The number of pyridine rings is 1. The number of hydrogen-bond donors (Lipinski definition) is 3. The van der Waals surface area contributed by atoms with E-state index >= 15 is 4.39 Å². The molecule has 6 aromatic rings. The molecule has 414 valence electrons. The van der Waals surface area contributed by atoms with Crippen LogP contribution in [0.25, 0.3) is 5.69 Å². The van der Waals surface area contributed by atoms with E-state index in [-0.39, 0.29) is 49.4 Å². The number of aliphatic hydroxyl groups is 2. The molecule has 5 heterocycles. The van der Waals surface area contributed by atoms with E-state index in [1.54, 1.807) is 41.6 Å². The number of halogens is 2. The highest BCUT2D eigenvalue weighted by Gasteiger charge is 2.46. The van der Waals surface area contributed by atoms with E-state index in [0.717, 1.165) is 48.5 Å². The number of nitrogens with zero attached hydrogens (tertiary/aromatic N) is 10. The van der Waals surface area contributed by atoms with Gasteiger partial charge in [0.25, 0.3) is 6.33 Å². The Kier molecular flexibility index (Phi) is 19.6. The van der Waals surface area contributed by atoms with E-state index in [4.69, 9.17) is 43.8 Å². The van der Waals surface area contributed by atoms with Crippen molar-refractivity contribution in [3.05, 3.63) is 137 Å². The van der Waals surface area contributed by atoms with Crippen molar-refractivity contribution in [3.63, 3.8) is 0 Å². The van der Waals surface area contributed by atoms with Crippen molar-refractivity contribution >= 4 is 40.6 Å². The van der Waals surface area contributed by atoms with Gasteiger partial charge < -0.3 is 58.8 Å². The van der Waals surface area contributed by atoms with E-state index in [1.807, 2.05) is 55.5 Å². The van der Waals surface area contributed by atoms with E-state index in [1.165, 1.54) is 47.3 Å². The molecule has 0 spiro atoms. The zero-order valence-corrected chi connectivity index (χ0v) is 43.4. The first-order valence-electron chi connectivity index (χ1n) is 24.4. The molecule has 77 heavy (non-hydrogen) atoms. The van der Waals surface area contributed by atoms with Gasteiger partial charge in [-0.15, -0.1) is 4.68 Å². The lowest BCUT2D eigenvalue weighted by molar-refractivity contribution is -0.753. The minimum atomic E-state index is -2.88. The Labute approximate surface area is 443 Å². The molecule has 27 heteroatoms. The van der Waals surface area contributed by atoms with Crippen molar-refractivity contribution in [3.8, 4) is 11.4 Å². The Morgan fingerprint density at radius 1 is 1.01 bits per heavy atom. The number of carbonyl (C=O) groups excluding carboxylic acids is 2. The van der Waals surface area contributed by atoms with Gasteiger partial charge in [-0.25, -0.2) is 36.8 Å². The molecule has 2 unspecified atom stereocenters. The van der Waals surface area contributed by atoms with Crippen LogP contribution in [0.2, 0.25) is 0 Å². The number of benzene rings is 3. The number of piperazine rings is 1. The fourth-order valence-electron chi connectivity index (χ4n) is 9.08. The average molecular weight is 1090 g/mol. The van der Waals surface area contributed by atoms with Crippen LogP contribution < -0.4 is 40.7 Å². The molecule has 7 atom stereocenters. The van der Waals surface area contributed by atoms with Gasteiger partial charge in [-0.2, -0.15) is 9.67 Å². The zero-order valence-electron chi connectivity index (χ0n) is 42.6. The summed E-state index contributed by atoms with van der Waals surface area (Å²) in [4.78, 5) is 48.5. The predicted molar refractivity (Wildman–Crippen MR) is 268 cm³/mol. The van der Waals surface area contributed by atoms with E-state index in [0.29, 0.717) is 29.8 Å². The molecule has 2 aliphatic rings. The van der Waals surface area contributed by atoms with E-state index in [9.17, 15) is 23.9 Å². The topological polar surface area (TPSA) is 294 Å². The molecule has 0 saturated carbocycles. The van der Waals surface area contributed by atoms with Gasteiger partial charge in [0, 0.05) is 85.9 Å². The summed E-state index contributed by atoms with van der Waals surface area (Å²) >= 11 is -2.88. The molecule has 2 saturated heterocycles. The maximum Gasteiger partial charge on any atom is 0.418 e. The minimum absolute atomic E-state index is 0.0433. The highest BCUT2D eigenvalue weighted by Crippen LogP contribution is 2.42. The molecule has 0 aliphatic carbocycles. The van der Waals surface area contributed by atoms with Crippen LogP contribution in [0, 0.1) is 17.6 Å². The SMILES string of the molecule is CC[C@@H]([C@H](C)O)n1ncn(-c2ccc(N3CCN(c4ccc(OC[C@@H]5CO[C@@](Cn6c[n+](C(C)OC(=O)N(C)c7ncccc7COC(=O)[C@@H](N)CO)cn6)(c6ccc(F)cc6F)C5)cc4)CC3)cc2)c1=O.O=S([O-])O[O-]. The maximum absolute atomic E-state index is 15.6. The van der Waals surface area contributed by atoms with Gasteiger partial charge in [0.05, 0.1) is 49.0 Å². The summed E-state index contributed by atoms with van der Waals surface area (Å²) < 4.78 is 79.4. The lowest BCUT2D eigenvalue weighted by atomic mass is 9.87. The van der Waals surface area contributed by atoms with Gasteiger partial charge in [0.2, 0.25) is 12.6 Å². The Bertz CT molecular complexity index is 3000. The number of amides is 1. The number of rotatable bonds is 20. The molecule has 1 amide bonds. The summed E-state index contributed by atoms with van der Waals surface area (Å²) in [5.41, 5.74) is 7.38. The van der Waals surface area contributed by atoms with Crippen LogP contribution in [-0.2, 0) is 53.5 Å². The molecule has 0 bridgehead atoms. The fraction of sp³-hybridized carbons (Fsp3) is 0.420. The van der Waals surface area contributed by atoms with Crippen molar-refractivity contribution in [1.29, 1.82) is 0 Å². The summed E-state index contributed by atoms with van der Waals surface area (Å²) in [6.07, 6.45) is 4.56. The second-order valence-corrected chi connectivity index (χ2v) is 18.9. The number of carbonyl (C=O) groups is 2. The Morgan fingerprint density at radius 3 is 2.27 bits per heavy atom. The Hall–Kier alpha value is -7.24. The number of ether oxygens (including phenoxy) is 4. The van der Waals surface area contributed by atoms with Gasteiger partial charge in [-0.05, 0) is 80.4 Å². The fourth-order valence-corrected chi connectivity index (χ4v) is 9.08.